The van der Waals surface area contributed by atoms with Crippen LogP contribution in [0.5, 0.6) is 0 Å². The summed E-state index contributed by atoms with van der Waals surface area (Å²) in [5.41, 5.74) is 2.81. The topological polar surface area (TPSA) is 17.8 Å². The summed E-state index contributed by atoms with van der Waals surface area (Å²) in [7, 11) is 0. The van der Waals surface area contributed by atoms with Crippen molar-refractivity contribution in [1.29, 1.82) is 0 Å². The number of hydrogen-bond acceptors (Lipinski definition) is 1. The summed E-state index contributed by atoms with van der Waals surface area (Å²) in [6.07, 6.45) is 12.7. The number of benzene rings is 2. The van der Waals surface area contributed by atoms with Crippen molar-refractivity contribution in [3.8, 4) is 0 Å². The summed E-state index contributed by atoms with van der Waals surface area (Å²) >= 11 is 0. The van der Waals surface area contributed by atoms with Crippen LogP contribution in [0.25, 0.3) is 0 Å². The molecule has 3 rings (SSSR count). The molecule has 0 saturated carbocycles. The minimum absolute atomic E-state index is 0.00826. The van der Waals surface area contributed by atoms with E-state index in [-0.39, 0.29) is 5.41 Å². The first-order chi connectivity index (χ1) is 14.7. The molecule has 0 fully saturated rings. The van der Waals surface area contributed by atoms with Crippen LogP contribution in [0, 0.1) is 0 Å². The second kappa shape index (κ2) is 11.2. The Hall–Kier alpha value is -2.35. The Labute approximate surface area is 183 Å². The highest BCUT2D eigenvalue weighted by molar-refractivity contribution is 5.33. The molecule has 160 valence electrons. The van der Waals surface area contributed by atoms with Crippen LogP contribution in [0.15, 0.2) is 73.1 Å². The van der Waals surface area contributed by atoms with E-state index in [4.69, 9.17) is 4.98 Å². The number of hydrogen-bond donors (Lipinski definition) is 0. The molecule has 0 amide bonds. The van der Waals surface area contributed by atoms with Crippen LogP contribution in [-0.2, 0) is 18.4 Å². The molecule has 0 radical (unpaired) electrons. The highest BCUT2D eigenvalue weighted by Crippen LogP contribution is 2.44. The van der Waals surface area contributed by atoms with E-state index >= 15 is 0 Å². The van der Waals surface area contributed by atoms with E-state index in [9.17, 15) is 0 Å². The molecule has 0 bridgehead atoms. The summed E-state index contributed by atoms with van der Waals surface area (Å²) in [5, 5.41) is 0. The molecule has 2 atom stereocenters. The molecule has 2 aromatic carbocycles. The van der Waals surface area contributed by atoms with Crippen LogP contribution in [0.1, 0.15) is 82.2 Å². The standard InChI is InChI=1S/C28H38N2/c1-4-6-7-14-19-26(27-29-20-22-30(27)21-5-2)28(3,25-17-12-9-13-18-25)23-24-15-10-8-11-16-24/h8-13,15-18,20,22,26H,4-7,14,19,21,23H2,1-3H3. The number of aromatic nitrogens is 2. The number of aryl methyl sites for hydroxylation is 1. The molecule has 0 saturated heterocycles. The Morgan fingerprint density at radius 2 is 1.57 bits per heavy atom. The van der Waals surface area contributed by atoms with Crippen molar-refractivity contribution < 1.29 is 0 Å². The Morgan fingerprint density at radius 1 is 0.867 bits per heavy atom. The van der Waals surface area contributed by atoms with Crippen molar-refractivity contribution in [3.05, 3.63) is 90.0 Å². The molecule has 0 aliphatic rings. The summed E-state index contributed by atoms with van der Waals surface area (Å²) in [6.45, 7) is 8.04. The molecule has 30 heavy (non-hydrogen) atoms. The summed E-state index contributed by atoms with van der Waals surface area (Å²) in [4.78, 5) is 4.93. The average molecular weight is 403 g/mol. The summed E-state index contributed by atoms with van der Waals surface area (Å²) < 4.78 is 2.40. The maximum absolute atomic E-state index is 4.93. The quantitative estimate of drug-likeness (QED) is 0.286. The predicted molar refractivity (Wildman–Crippen MR) is 128 cm³/mol. The molecule has 0 spiro atoms. The number of nitrogens with zero attached hydrogens (tertiary/aromatic N) is 2. The smallest absolute Gasteiger partial charge is 0.112 e. The maximum Gasteiger partial charge on any atom is 0.112 e. The molecule has 0 aliphatic heterocycles. The van der Waals surface area contributed by atoms with Gasteiger partial charge in [-0.15, -0.1) is 0 Å². The molecular weight excluding hydrogens is 364 g/mol. The molecule has 3 aromatic rings. The Kier molecular flexibility index (Phi) is 8.30. The molecule has 2 unspecified atom stereocenters. The lowest BCUT2D eigenvalue weighted by Crippen LogP contribution is -2.35. The van der Waals surface area contributed by atoms with Crippen molar-refractivity contribution in [2.24, 2.45) is 0 Å². The molecule has 0 N–H and O–H groups in total. The highest BCUT2D eigenvalue weighted by atomic mass is 15.1. The van der Waals surface area contributed by atoms with Crippen LogP contribution in [0.4, 0.5) is 0 Å². The van der Waals surface area contributed by atoms with Gasteiger partial charge < -0.3 is 4.57 Å². The normalized spacial score (nSPS) is 14.4. The predicted octanol–water partition coefficient (Wildman–Crippen LogP) is 7.55. The zero-order valence-electron chi connectivity index (χ0n) is 19.1. The van der Waals surface area contributed by atoms with Crippen molar-refractivity contribution in [2.45, 2.75) is 83.6 Å². The van der Waals surface area contributed by atoms with Gasteiger partial charge in [0.1, 0.15) is 5.82 Å². The Balaban J connectivity index is 2.04. The van der Waals surface area contributed by atoms with E-state index in [2.05, 4.69) is 92.2 Å². The fourth-order valence-corrected chi connectivity index (χ4v) is 4.83. The lowest BCUT2D eigenvalue weighted by atomic mass is 9.66. The van der Waals surface area contributed by atoms with Crippen molar-refractivity contribution >= 4 is 0 Å². The first kappa shape index (κ1) is 22.3. The second-order valence-corrected chi connectivity index (χ2v) is 8.83. The van der Waals surface area contributed by atoms with E-state index in [0.29, 0.717) is 5.92 Å². The van der Waals surface area contributed by atoms with E-state index in [1.54, 1.807) is 0 Å². The molecule has 1 aromatic heterocycles. The van der Waals surface area contributed by atoms with Gasteiger partial charge in [-0.25, -0.2) is 4.98 Å². The SMILES string of the molecule is CCCCCCC(c1nccn1CCC)C(C)(Cc1ccccc1)c1ccccc1. The lowest BCUT2D eigenvalue weighted by molar-refractivity contribution is 0.322. The third-order valence-electron chi connectivity index (χ3n) is 6.49. The van der Waals surface area contributed by atoms with Gasteiger partial charge in [0.2, 0.25) is 0 Å². The summed E-state index contributed by atoms with van der Waals surface area (Å²) in [5.74, 6) is 1.65. The molecule has 2 nitrogen and oxygen atoms in total. The molecule has 1 heterocycles. The second-order valence-electron chi connectivity index (χ2n) is 8.83. The zero-order valence-corrected chi connectivity index (χ0v) is 19.1. The number of unbranched alkanes of at least 4 members (excludes halogenated alkanes) is 3. The maximum atomic E-state index is 4.93. The van der Waals surface area contributed by atoms with Crippen LogP contribution in [0.2, 0.25) is 0 Å². The summed E-state index contributed by atoms with van der Waals surface area (Å²) in [6, 6.07) is 22.1. The van der Waals surface area contributed by atoms with E-state index in [0.717, 1.165) is 19.4 Å². The van der Waals surface area contributed by atoms with E-state index in [1.165, 1.54) is 49.1 Å². The van der Waals surface area contributed by atoms with Gasteiger partial charge in [-0.1, -0.05) is 107 Å². The van der Waals surface area contributed by atoms with Crippen LogP contribution in [0.3, 0.4) is 0 Å². The third-order valence-corrected chi connectivity index (χ3v) is 6.49. The number of rotatable bonds is 12. The van der Waals surface area contributed by atoms with E-state index in [1.807, 2.05) is 6.20 Å². The van der Waals surface area contributed by atoms with Gasteiger partial charge in [0.15, 0.2) is 0 Å². The van der Waals surface area contributed by atoms with Gasteiger partial charge in [-0.2, -0.15) is 0 Å². The fourth-order valence-electron chi connectivity index (χ4n) is 4.83. The third kappa shape index (κ3) is 5.41. The zero-order chi connectivity index (χ0) is 21.2. The van der Waals surface area contributed by atoms with Crippen molar-refractivity contribution in [2.75, 3.05) is 0 Å². The first-order valence-corrected chi connectivity index (χ1v) is 11.8. The minimum atomic E-state index is -0.00826. The molecule has 2 heteroatoms. The first-order valence-electron chi connectivity index (χ1n) is 11.8. The van der Waals surface area contributed by atoms with Crippen LogP contribution in [-0.4, -0.2) is 9.55 Å². The fraction of sp³-hybridized carbons (Fsp3) is 0.464. The average Bonchev–Trinajstić information content (AvgIpc) is 3.23. The largest absolute Gasteiger partial charge is 0.335 e. The van der Waals surface area contributed by atoms with E-state index < -0.39 is 0 Å². The monoisotopic (exact) mass is 402 g/mol. The number of imidazole rings is 1. The van der Waals surface area contributed by atoms with Gasteiger partial charge in [-0.3, -0.25) is 0 Å². The van der Waals surface area contributed by atoms with Gasteiger partial charge in [-0.05, 0) is 30.4 Å². The van der Waals surface area contributed by atoms with Crippen molar-refractivity contribution in [1.82, 2.24) is 9.55 Å². The van der Waals surface area contributed by atoms with Gasteiger partial charge in [0.05, 0.1) is 0 Å². The lowest BCUT2D eigenvalue weighted by Gasteiger charge is -2.39. The highest BCUT2D eigenvalue weighted by Gasteiger charge is 2.39. The Morgan fingerprint density at radius 3 is 2.23 bits per heavy atom. The van der Waals surface area contributed by atoms with Crippen LogP contribution < -0.4 is 0 Å². The molecular formula is C28H38N2. The minimum Gasteiger partial charge on any atom is -0.335 e. The van der Waals surface area contributed by atoms with Gasteiger partial charge in [0, 0.05) is 30.3 Å². The van der Waals surface area contributed by atoms with Gasteiger partial charge in [0.25, 0.3) is 0 Å². The van der Waals surface area contributed by atoms with Crippen molar-refractivity contribution in [3.63, 3.8) is 0 Å². The Bertz CT molecular complexity index is 853. The van der Waals surface area contributed by atoms with Gasteiger partial charge >= 0.3 is 0 Å². The molecule has 0 aliphatic carbocycles. The van der Waals surface area contributed by atoms with Crippen LogP contribution >= 0.6 is 0 Å².